The molecule has 1 aromatic heterocycles. The minimum atomic E-state index is -0.698. The highest BCUT2D eigenvalue weighted by Crippen LogP contribution is 2.49. The number of rotatable bonds is 6. The summed E-state index contributed by atoms with van der Waals surface area (Å²) < 4.78 is 36.5. The summed E-state index contributed by atoms with van der Waals surface area (Å²) in [5, 5.41) is 7.21. The van der Waals surface area contributed by atoms with Gasteiger partial charge in [0.25, 0.3) is 0 Å². The Hall–Kier alpha value is -3.24. The van der Waals surface area contributed by atoms with Crippen molar-refractivity contribution in [1.82, 2.24) is 15.1 Å². The number of thioether (sulfide) groups is 1. The van der Waals surface area contributed by atoms with Crippen molar-refractivity contribution in [2.75, 3.05) is 30.3 Å². The average molecular weight is 555 g/mol. The van der Waals surface area contributed by atoms with Crippen LogP contribution in [-0.4, -0.2) is 53.1 Å². The number of nitrogens with zero attached hydrogens (tertiary/aromatic N) is 3. The fourth-order valence-electron chi connectivity index (χ4n) is 4.99. The van der Waals surface area contributed by atoms with E-state index in [0.29, 0.717) is 30.2 Å². The topological polar surface area (TPSA) is 76.5 Å². The summed E-state index contributed by atoms with van der Waals surface area (Å²) in [5.41, 5.74) is 1.67. The van der Waals surface area contributed by atoms with Crippen LogP contribution in [0.5, 0.6) is 0 Å². The highest BCUT2D eigenvalue weighted by Gasteiger charge is 2.40. The van der Waals surface area contributed by atoms with Crippen LogP contribution >= 0.6 is 11.8 Å². The molecule has 7 nitrogen and oxygen atoms in total. The third-order valence-electron chi connectivity index (χ3n) is 6.87. The highest BCUT2D eigenvalue weighted by atomic mass is 32.2. The number of carbonyl (C=O) groups is 2. The van der Waals surface area contributed by atoms with Gasteiger partial charge in [-0.25, -0.2) is 13.5 Å². The van der Waals surface area contributed by atoms with E-state index in [1.165, 1.54) is 28.8 Å². The Kier molecular flexibility index (Phi) is 7.77. The van der Waals surface area contributed by atoms with E-state index in [1.807, 2.05) is 51.1 Å². The van der Waals surface area contributed by atoms with Crippen LogP contribution in [0.15, 0.2) is 48.5 Å². The quantitative estimate of drug-likeness (QED) is 0.462. The summed E-state index contributed by atoms with van der Waals surface area (Å²) in [5.74, 6) is -1.53. The third kappa shape index (κ3) is 5.72. The van der Waals surface area contributed by atoms with Crippen molar-refractivity contribution in [1.29, 1.82) is 0 Å². The number of hydrogen-bond donors (Lipinski definition) is 1. The Bertz CT molecular complexity index is 1370. The second-order valence-corrected chi connectivity index (χ2v) is 11.9. The molecule has 1 N–H and O–H groups in total. The van der Waals surface area contributed by atoms with Gasteiger partial charge in [0, 0.05) is 35.9 Å². The van der Waals surface area contributed by atoms with Gasteiger partial charge in [-0.1, -0.05) is 36.4 Å². The number of carbonyl (C=O) groups excluding carboxylic acids is 2. The number of anilines is 1. The number of amides is 2. The molecule has 0 bridgehead atoms. The average Bonchev–Trinajstić information content (AvgIpc) is 3.53. The van der Waals surface area contributed by atoms with Crippen molar-refractivity contribution >= 4 is 29.4 Å². The molecular formula is C29H32F2N4O3S. The number of aromatic nitrogens is 2. The normalized spacial score (nSPS) is 19.6. The van der Waals surface area contributed by atoms with Gasteiger partial charge in [0.1, 0.15) is 24.0 Å². The van der Waals surface area contributed by atoms with E-state index in [4.69, 9.17) is 9.84 Å². The molecule has 10 heteroatoms. The molecule has 0 radical (unpaired) electrons. The van der Waals surface area contributed by atoms with Gasteiger partial charge in [-0.05, 0) is 39.7 Å². The molecular weight excluding hydrogens is 522 g/mol. The Morgan fingerprint density at radius 3 is 2.62 bits per heavy atom. The molecule has 0 saturated carbocycles. The summed E-state index contributed by atoms with van der Waals surface area (Å²) in [6, 6.07) is 13.0. The first-order valence-electron chi connectivity index (χ1n) is 13.1. The number of hydrogen-bond acceptors (Lipinski definition) is 5. The zero-order valence-electron chi connectivity index (χ0n) is 22.2. The number of fused-ring (bicyclic) bond motifs is 1. The van der Waals surface area contributed by atoms with Crippen molar-refractivity contribution in [2.24, 2.45) is 0 Å². The van der Waals surface area contributed by atoms with E-state index >= 15 is 4.39 Å². The van der Waals surface area contributed by atoms with Gasteiger partial charge in [-0.2, -0.15) is 5.10 Å². The van der Waals surface area contributed by atoms with E-state index in [-0.39, 0.29) is 35.8 Å². The third-order valence-corrected chi connectivity index (χ3v) is 8.11. The zero-order chi connectivity index (χ0) is 27.7. The van der Waals surface area contributed by atoms with Crippen molar-refractivity contribution in [3.8, 4) is 11.3 Å². The van der Waals surface area contributed by atoms with Crippen molar-refractivity contribution < 1.29 is 23.1 Å². The van der Waals surface area contributed by atoms with E-state index in [1.54, 1.807) is 4.68 Å². The van der Waals surface area contributed by atoms with Crippen LogP contribution in [0.2, 0.25) is 0 Å². The van der Waals surface area contributed by atoms with E-state index in [0.717, 1.165) is 24.5 Å². The van der Waals surface area contributed by atoms with E-state index in [9.17, 15) is 14.0 Å². The van der Waals surface area contributed by atoms with Crippen molar-refractivity contribution in [2.45, 2.75) is 50.5 Å². The molecule has 2 unspecified atom stereocenters. The van der Waals surface area contributed by atoms with Crippen LogP contribution in [0.25, 0.3) is 11.3 Å². The van der Waals surface area contributed by atoms with Gasteiger partial charge in [0.2, 0.25) is 11.8 Å². The van der Waals surface area contributed by atoms with E-state index in [2.05, 4.69) is 5.32 Å². The van der Waals surface area contributed by atoms with Crippen LogP contribution in [0.4, 0.5) is 14.6 Å². The molecule has 3 aromatic rings. The van der Waals surface area contributed by atoms with E-state index < -0.39 is 22.4 Å². The fourth-order valence-corrected chi connectivity index (χ4v) is 6.21. The molecule has 1 fully saturated rings. The summed E-state index contributed by atoms with van der Waals surface area (Å²) >= 11 is 1.25. The molecule has 2 amide bonds. The minimum absolute atomic E-state index is 0.00749. The largest absolute Gasteiger partial charge is 0.376 e. The maximum atomic E-state index is 15.2. The number of halogens is 2. The number of benzene rings is 2. The van der Waals surface area contributed by atoms with Crippen LogP contribution in [0.1, 0.15) is 50.0 Å². The number of nitrogens with one attached hydrogen (secondary N) is 1. The zero-order valence-corrected chi connectivity index (χ0v) is 23.1. The van der Waals surface area contributed by atoms with Gasteiger partial charge in [-0.3, -0.25) is 14.5 Å². The Morgan fingerprint density at radius 2 is 1.95 bits per heavy atom. The molecule has 39 heavy (non-hydrogen) atoms. The lowest BCUT2D eigenvalue weighted by atomic mass is 9.98. The minimum Gasteiger partial charge on any atom is -0.376 e. The lowest BCUT2D eigenvalue weighted by molar-refractivity contribution is -0.123. The molecule has 2 aromatic carbocycles. The highest BCUT2D eigenvalue weighted by molar-refractivity contribution is 8.00. The van der Waals surface area contributed by atoms with Crippen LogP contribution in [-0.2, 0) is 19.9 Å². The van der Waals surface area contributed by atoms with Gasteiger partial charge in [0.05, 0.1) is 28.3 Å². The molecule has 206 valence electrons. The van der Waals surface area contributed by atoms with Gasteiger partial charge >= 0.3 is 0 Å². The summed E-state index contributed by atoms with van der Waals surface area (Å²) in [6.07, 6.45) is 1.81. The summed E-state index contributed by atoms with van der Waals surface area (Å²) in [7, 11) is 0. The second-order valence-electron chi connectivity index (χ2n) is 10.8. The monoisotopic (exact) mass is 554 g/mol. The van der Waals surface area contributed by atoms with Gasteiger partial charge in [-0.15, -0.1) is 11.8 Å². The van der Waals surface area contributed by atoms with Crippen LogP contribution < -0.4 is 10.2 Å². The Labute approximate surface area is 230 Å². The maximum Gasteiger partial charge on any atom is 0.240 e. The lowest BCUT2D eigenvalue weighted by Crippen LogP contribution is -2.45. The molecule has 2 aliphatic rings. The maximum absolute atomic E-state index is 15.2. The molecule has 2 aliphatic heterocycles. The standard InChI is InChI=1S/C29H32F2N4O3S/c1-29(2,3)35-28-25(26(33-35)18-8-5-4-6-9-18)27(21-12-11-19(30)14-22(21)31)39-17-24(37)34(28)16-23(36)32-15-20-10-7-13-38-20/h4-6,8-9,11-12,14,20,27H,7,10,13,15-17H2,1-3H3,(H,32,36). The lowest BCUT2D eigenvalue weighted by Gasteiger charge is -2.29. The Morgan fingerprint density at radius 1 is 1.18 bits per heavy atom. The summed E-state index contributed by atoms with van der Waals surface area (Å²) in [4.78, 5) is 28.2. The predicted molar refractivity (Wildman–Crippen MR) is 148 cm³/mol. The molecule has 0 spiro atoms. The summed E-state index contributed by atoms with van der Waals surface area (Å²) in [6.45, 7) is 6.72. The smallest absolute Gasteiger partial charge is 0.240 e. The predicted octanol–water partition coefficient (Wildman–Crippen LogP) is 5.05. The molecule has 2 atom stereocenters. The Balaban J connectivity index is 1.65. The molecule has 0 aliphatic carbocycles. The first-order valence-corrected chi connectivity index (χ1v) is 14.1. The van der Waals surface area contributed by atoms with Gasteiger partial charge < -0.3 is 10.1 Å². The first-order chi connectivity index (χ1) is 18.6. The number of ether oxygens (including phenoxy) is 1. The SMILES string of the molecule is CC(C)(C)n1nc(-c2ccccc2)c2c1N(CC(=O)NCC1CCCO1)C(=O)CSC2c1ccc(F)cc1F. The second kappa shape index (κ2) is 11.1. The van der Waals surface area contributed by atoms with Gasteiger partial charge in [0.15, 0.2) is 0 Å². The molecule has 3 heterocycles. The molecule has 1 saturated heterocycles. The van der Waals surface area contributed by atoms with Crippen molar-refractivity contribution in [3.05, 3.63) is 71.3 Å². The van der Waals surface area contributed by atoms with Crippen LogP contribution in [0, 0.1) is 11.6 Å². The fraction of sp³-hybridized carbons (Fsp3) is 0.414. The van der Waals surface area contributed by atoms with Crippen LogP contribution in [0.3, 0.4) is 0 Å². The first kappa shape index (κ1) is 27.3. The molecule has 5 rings (SSSR count). The van der Waals surface area contributed by atoms with Crippen molar-refractivity contribution in [3.63, 3.8) is 0 Å².